The van der Waals surface area contributed by atoms with E-state index in [4.69, 9.17) is 16.3 Å². The van der Waals surface area contributed by atoms with Gasteiger partial charge in [-0.3, -0.25) is 9.10 Å². The molecule has 3 rings (SSSR count). The van der Waals surface area contributed by atoms with Crippen LogP contribution in [0.5, 0.6) is 5.75 Å². The fourth-order valence-electron chi connectivity index (χ4n) is 3.25. The number of nitrogens with zero attached hydrogens (tertiary/aromatic N) is 2. The second kappa shape index (κ2) is 9.80. The number of amides is 1. The SMILES string of the molecule is COc1ccc(N(C)S(=O)(=O)c2ccc(Cl)c(C(=O)N(C)C(C)c3ccc(F)cc3)c2)cc1. The molecule has 1 unspecified atom stereocenters. The van der Waals surface area contributed by atoms with Gasteiger partial charge in [-0.15, -0.1) is 0 Å². The van der Waals surface area contributed by atoms with Crippen LogP contribution in [0.4, 0.5) is 10.1 Å². The highest BCUT2D eigenvalue weighted by Crippen LogP contribution is 2.29. The molecule has 1 amide bonds. The minimum Gasteiger partial charge on any atom is -0.497 e. The molecule has 33 heavy (non-hydrogen) atoms. The predicted octanol–water partition coefficient (Wildman–Crippen LogP) is 5.15. The molecule has 0 aromatic heterocycles. The van der Waals surface area contributed by atoms with Gasteiger partial charge in [0.2, 0.25) is 0 Å². The fourth-order valence-corrected chi connectivity index (χ4v) is 4.67. The van der Waals surface area contributed by atoms with Gasteiger partial charge in [-0.1, -0.05) is 23.7 Å². The van der Waals surface area contributed by atoms with Crippen LogP contribution >= 0.6 is 11.6 Å². The summed E-state index contributed by atoms with van der Waals surface area (Å²) < 4.78 is 45.9. The van der Waals surface area contributed by atoms with E-state index < -0.39 is 22.0 Å². The topological polar surface area (TPSA) is 66.9 Å². The number of halogens is 2. The van der Waals surface area contributed by atoms with Gasteiger partial charge in [0, 0.05) is 14.1 Å². The van der Waals surface area contributed by atoms with Crippen molar-refractivity contribution in [2.45, 2.75) is 17.9 Å². The molecule has 0 saturated heterocycles. The minimum absolute atomic E-state index is 0.0531. The van der Waals surface area contributed by atoms with E-state index >= 15 is 0 Å². The Morgan fingerprint density at radius 3 is 2.18 bits per heavy atom. The molecular formula is C24H24ClFN2O4S. The number of hydrogen-bond donors (Lipinski definition) is 0. The van der Waals surface area contributed by atoms with Crippen LogP contribution in [-0.4, -0.2) is 40.4 Å². The standard InChI is InChI=1S/C24H24ClFN2O4S/c1-16(17-5-7-18(26)8-6-17)27(2)24(29)22-15-21(13-14-23(22)25)33(30,31)28(3)19-9-11-20(32-4)12-10-19/h5-16H,1-4H3. The number of anilines is 1. The molecule has 0 fully saturated rings. The lowest BCUT2D eigenvalue weighted by Gasteiger charge is -2.26. The van der Waals surface area contributed by atoms with E-state index in [-0.39, 0.29) is 21.3 Å². The molecule has 3 aromatic rings. The Balaban J connectivity index is 1.91. The number of hydrogen-bond acceptors (Lipinski definition) is 4. The first-order valence-electron chi connectivity index (χ1n) is 10.0. The summed E-state index contributed by atoms with van der Waals surface area (Å²) in [5, 5.41) is 0.129. The van der Waals surface area contributed by atoms with Crippen molar-refractivity contribution < 1.29 is 22.3 Å². The first kappa shape index (κ1) is 24.5. The normalized spacial score (nSPS) is 12.2. The van der Waals surface area contributed by atoms with Gasteiger partial charge in [0.1, 0.15) is 11.6 Å². The van der Waals surface area contributed by atoms with Gasteiger partial charge in [0.05, 0.1) is 34.3 Å². The average Bonchev–Trinajstić information content (AvgIpc) is 2.82. The lowest BCUT2D eigenvalue weighted by atomic mass is 10.1. The van der Waals surface area contributed by atoms with Crippen molar-refractivity contribution in [3.63, 3.8) is 0 Å². The van der Waals surface area contributed by atoms with Crippen LogP contribution in [0.3, 0.4) is 0 Å². The van der Waals surface area contributed by atoms with E-state index in [0.29, 0.717) is 11.4 Å². The Bertz CT molecular complexity index is 1250. The van der Waals surface area contributed by atoms with Crippen LogP contribution in [0.25, 0.3) is 0 Å². The maximum Gasteiger partial charge on any atom is 0.264 e. The summed E-state index contributed by atoms with van der Waals surface area (Å²) in [6.07, 6.45) is 0. The van der Waals surface area contributed by atoms with Gasteiger partial charge in [-0.05, 0) is 67.1 Å². The van der Waals surface area contributed by atoms with E-state index in [1.54, 1.807) is 50.4 Å². The summed E-state index contributed by atoms with van der Waals surface area (Å²) in [6, 6.07) is 16.0. The van der Waals surface area contributed by atoms with Crippen LogP contribution in [-0.2, 0) is 10.0 Å². The van der Waals surface area contributed by atoms with E-state index in [1.165, 1.54) is 49.4 Å². The van der Waals surface area contributed by atoms with E-state index in [2.05, 4.69) is 0 Å². The van der Waals surface area contributed by atoms with E-state index in [1.807, 2.05) is 0 Å². The van der Waals surface area contributed by atoms with E-state index in [0.717, 1.165) is 9.87 Å². The van der Waals surface area contributed by atoms with Crippen LogP contribution in [0.15, 0.2) is 71.6 Å². The van der Waals surface area contributed by atoms with Crippen molar-refractivity contribution in [1.82, 2.24) is 4.90 Å². The third kappa shape index (κ3) is 5.12. The average molecular weight is 491 g/mol. The summed E-state index contributed by atoms with van der Waals surface area (Å²) >= 11 is 6.27. The number of ether oxygens (including phenoxy) is 1. The predicted molar refractivity (Wildman–Crippen MR) is 127 cm³/mol. The number of rotatable bonds is 7. The zero-order chi connectivity index (χ0) is 24.3. The molecule has 9 heteroatoms. The van der Waals surface area contributed by atoms with Gasteiger partial charge in [-0.2, -0.15) is 0 Å². The molecule has 0 spiro atoms. The highest BCUT2D eigenvalue weighted by atomic mass is 35.5. The Morgan fingerprint density at radius 2 is 1.61 bits per heavy atom. The zero-order valence-corrected chi connectivity index (χ0v) is 20.2. The first-order valence-corrected chi connectivity index (χ1v) is 11.8. The maximum atomic E-state index is 13.2. The van der Waals surface area contributed by atoms with Crippen molar-refractivity contribution in [2.24, 2.45) is 0 Å². The summed E-state index contributed by atoms with van der Waals surface area (Å²) in [6.45, 7) is 1.79. The summed E-state index contributed by atoms with van der Waals surface area (Å²) in [4.78, 5) is 14.5. The molecule has 0 heterocycles. The van der Waals surface area contributed by atoms with Gasteiger partial charge >= 0.3 is 0 Å². The highest BCUT2D eigenvalue weighted by molar-refractivity contribution is 7.92. The molecule has 174 valence electrons. The molecule has 0 aliphatic rings. The lowest BCUT2D eigenvalue weighted by Crippen LogP contribution is -2.31. The summed E-state index contributed by atoms with van der Waals surface area (Å²) in [5.74, 6) is -0.231. The highest BCUT2D eigenvalue weighted by Gasteiger charge is 2.26. The number of sulfonamides is 1. The molecule has 0 saturated carbocycles. The maximum absolute atomic E-state index is 13.2. The van der Waals surface area contributed by atoms with Gasteiger partial charge in [-0.25, -0.2) is 12.8 Å². The van der Waals surface area contributed by atoms with Crippen LogP contribution < -0.4 is 9.04 Å². The Morgan fingerprint density at radius 1 is 1.00 bits per heavy atom. The minimum atomic E-state index is -3.97. The molecule has 6 nitrogen and oxygen atoms in total. The molecule has 1 atom stereocenters. The third-order valence-corrected chi connectivity index (χ3v) is 7.63. The largest absolute Gasteiger partial charge is 0.497 e. The van der Waals surface area contributed by atoms with Gasteiger partial charge in [0.15, 0.2) is 0 Å². The van der Waals surface area contributed by atoms with Crippen LogP contribution in [0.1, 0.15) is 28.9 Å². The Hall–Kier alpha value is -3.10. The monoisotopic (exact) mass is 490 g/mol. The fraction of sp³-hybridized carbons (Fsp3) is 0.208. The second-order valence-corrected chi connectivity index (χ2v) is 9.83. The molecule has 3 aromatic carbocycles. The molecule has 0 radical (unpaired) electrons. The van der Waals surface area contributed by atoms with E-state index in [9.17, 15) is 17.6 Å². The lowest BCUT2D eigenvalue weighted by molar-refractivity contribution is 0.0742. The van der Waals surface area contributed by atoms with Gasteiger partial charge < -0.3 is 9.64 Å². The Kier molecular flexibility index (Phi) is 7.29. The number of benzene rings is 3. The summed E-state index contributed by atoms with van der Waals surface area (Å²) in [7, 11) is 0.565. The number of methoxy groups -OCH3 is 1. The quantitative estimate of drug-likeness (QED) is 0.459. The smallest absolute Gasteiger partial charge is 0.264 e. The molecule has 0 aliphatic heterocycles. The molecule has 0 aliphatic carbocycles. The van der Waals surface area contributed by atoms with Crippen LogP contribution in [0.2, 0.25) is 5.02 Å². The van der Waals surface area contributed by atoms with Crippen LogP contribution in [0, 0.1) is 5.82 Å². The second-order valence-electron chi connectivity index (χ2n) is 7.46. The third-order valence-electron chi connectivity index (χ3n) is 5.52. The Labute approximate surface area is 198 Å². The van der Waals surface area contributed by atoms with Crippen molar-refractivity contribution in [1.29, 1.82) is 0 Å². The molecular weight excluding hydrogens is 467 g/mol. The number of carbonyl (C=O) groups excluding carboxylic acids is 1. The van der Waals surface area contributed by atoms with Crippen molar-refractivity contribution >= 4 is 33.2 Å². The van der Waals surface area contributed by atoms with Crippen molar-refractivity contribution in [3.05, 3.63) is 88.7 Å². The number of carbonyl (C=O) groups is 1. The van der Waals surface area contributed by atoms with Crippen molar-refractivity contribution in [3.8, 4) is 5.75 Å². The molecule has 0 N–H and O–H groups in total. The van der Waals surface area contributed by atoms with Gasteiger partial charge in [0.25, 0.3) is 15.9 Å². The molecule has 0 bridgehead atoms. The zero-order valence-electron chi connectivity index (χ0n) is 18.6. The first-order chi connectivity index (χ1) is 15.6. The summed E-state index contributed by atoms with van der Waals surface area (Å²) in [5.41, 5.74) is 1.21. The van der Waals surface area contributed by atoms with Crippen molar-refractivity contribution in [2.75, 3.05) is 25.5 Å².